The number of amides is 1. The number of benzene rings is 1. The van der Waals surface area contributed by atoms with Crippen molar-refractivity contribution in [2.75, 3.05) is 25.1 Å². The van der Waals surface area contributed by atoms with E-state index in [4.69, 9.17) is 13.9 Å². The molecular formula is C22H35NO4Si. The average molecular weight is 406 g/mol. The highest BCUT2D eigenvalue weighted by molar-refractivity contribution is 6.74. The Hall–Kier alpha value is -1.53. The van der Waals surface area contributed by atoms with Crippen LogP contribution in [-0.2, 0) is 9.22 Å². The third-order valence-corrected chi connectivity index (χ3v) is 11.0. The highest BCUT2D eigenvalue weighted by Gasteiger charge is 2.38. The van der Waals surface area contributed by atoms with Crippen LogP contribution in [0, 0.1) is 11.8 Å². The fourth-order valence-electron chi connectivity index (χ4n) is 3.50. The van der Waals surface area contributed by atoms with Gasteiger partial charge in [0.2, 0.25) is 5.91 Å². The Morgan fingerprint density at radius 1 is 1.11 bits per heavy atom. The van der Waals surface area contributed by atoms with Crippen LogP contribution in [0.15, 0.2) is 18.2 Å². The molecule has 0 bridgehead atoms. The van der Waals surface area contributed by atoms with Crippen LogP contribution in [0.5, 0.6) is 11.5 Å². The maximum Gasteiger partial charge on any atom is 0.227 e. The summed E-state index contributed by atoms with van der Waals surface area (Å²) >= 11 is 0. The van der Waals surface area contributed by atoms with E-state index < -0.39 is 8.32 Å². The van der Waals surface area contributed by atoms with E-state index in [1.807, 2.05) is 18.2 Å². The predicted octanol–water partition coefficient (Wildman–Crippen LogP) is 5.22. The lowest BCUT2D eigenvalue weighted by Crippen LogP contribution is -2.42. The second-order valence-corrected chi connectivity index (χ2v) is 14.4. The molecule has 1 fully saturated rings. The maximum atomic E-state index is 12.7. The number of rotatable bonds is 5. The average Bonchev–Trinajstić information content (AvgIpc) is 2.66. The van der Waals surface area contributed by atoms with E-state index >= 15 is 0 Å². The Morgan fingerprint density at radius 2 is 1.75 bits per heavy atom. The topological polar surface area (TPSA) is 56.8 Å². The molecule has 1 aliphatic carbocycles. The first-order valence-corrected chi connectivity index (χ1v) is 13.4. The molecule has 0 saturated heterocycles. The van der Waals surface area contributed by atoms with E-state index in [0.29, 0.717) is 24.9 Å². The van der Waals surface area contributed by atoms with Gasteiger partial charge in [-0.25, -0.2) is 0 Å². The van der Waals surface area contributed by atoms with Gasteiger partial charge in [-0.1, -0.05) is 20.8 Å². The lowest BCUT2D eigenvalue weighted by molar-refractivity contribution is -0.121. The Balaban J connectivity index is 1.46. The van der Waals surface area contributed by atoms with Crippen LogP contribution in [-0.4, -0.2) is 34.0 Å². The summed E-state index contributed by atoms with van der Waals surface area (Å²) in [6.45, 7) is 13.4. The number of nitrogens with one attached hydrogen (secondary N) is 1. The first-order valence-electron chi connectivity index (χ1n) is 10.5. The van der Waals surface area contributed by atoms with E-state index in [0.717, 1.165) is 43.7 Å². The molecule has 1 saturated carbocycles. The van der Waals surface area contributed by atoms with Gasteiger partial charge >= 0.3 is 0 Å². The molecule has 0 spiro atoms. The van der Waals surface area contributed by atoms with Crippen molar-refractivity contribution < 1.29 is 18.7 Å². The SMILES string of the molecule is CC(C)(C)[Si](C)(C)OCC1CCC(C(=O)Nc2ccc3c(c2)OCCO3)CC1. The molecule has 1 aromatic carbocycles. The number of fused-ring (bicyclic) bond motifs is 1. The van der Waals surface area contributed by atoms with Crippen LogP contribution in [0.2, 0.25) is 18.1 Å². The van der Waals surface area contributed by atoms with Crippen molar-refractivity contribution in [2.24, 2.45) is 11.8 Å². The van der Waals surface area contributed by atoms with Crippen molar-refractivity contribution >= 4 is 19.9 Å². The molecule has 1 aromatic rings. The minimum absolute atomic E-state index is 0.0809. The molecular weight excluding hydrogens is 370 g/mol. The second kappa shape index (κ2) is 8.45. The van der Waals surface area contributed by atoms with Crippen LogP contribution in [0.3, 0.4) is 0 Å². The molecule has 0 atom stereocenters. The van der Waals surface area contributed by atoms with Gasteiger partial charge in [-0.2, -0.15) is 0 Å². The van der Waals surface area contributed by atoms with Crippen molar-refractivity contribution in [3.63, 3.8) is 0 Å². The predicted molar refractivity (Wildman–Crippen MR) is 115 cm³/mol. The summed E-state index contributed by atoms with van der Waals surface area (Å²) in [7, 11) is -1.69. The number of ether oxygens (including phenoxy) is 2. The van der Waals surface area contributed by atoms with Crippen molar-refractivity contribution in [1.29, 1.82) is 0 Å². The van der Waals surface area contributed by atoms with Crippen LogP contribution >= 0.6 is 0 Å². The summed E-state index contributed by atoms with van der Waals surface area (Å²) < 4.78 is 17.5. The summed E-state index contributed by atoms with van der Waals surface area (Å²) in [5.74, 6) is 2.22. The fraction of sp³-hybridized carbons (Fsp3) is 0.682. The highest BCUT2D eigenvalue weighted by atomic mass is 28.4. The smallest absolute Gasteiger partial charge is 0.227 e. The molecule has 0 aromatic heterocycles. The largest absolute Gasteiger partial charge is 0.486 e. The normalized spacial score (nSPS) is 22.6. The van der Waals surface area contributed by atoms with Crippen molar-refractivity contribution in [1.82, 2.24) is 0 Å². The van der Waals surface area contributed by atoms with Gasteiger partial charge in [0, 0.05) is 24.3 Å². The molecule has 1 heterocycles. The number of carbonyl (C=O) groups is 1. The highest BCUT2D eigenvalue weighted by Crippen LogP contribution is 2.38. The van der Waals surface area contributed by atoms with E-state index in [2.05, 4.69) is 39.2 Å². The monoisotopic (exact) mass is 405 g/mol. The zero-order valence-electron chi connectivity index (χ0n) is 18.0. The van der Waals surface area contributed by atoms with Gasteiger partial charge in [0.05, 0.1) is 0 Å². The Kier molecular flexibility index (Phi) is 6.40. The third kappa shape index (κ3) is 5.09. The lowest BCUT2D eigenvalue weighted by Gasteiger charge is -2.38. The third-order valence-electron chi connectivity index (χ3n) is 6.51. The summed E-state index contributed by atoms with van der Waals surface area (Å²) in [5.41, 5.74) is 0.776. The van der Waals surface area contributed by atoms with Crippen LogP contribution in [0.25, 0.3) is 0 Å². The molecule has 6 heteroatoms. The number of carbonyl (C=O) groups excluding carboxylic acids is 1. The summed E-state index contributed by atoms with van der Waals surface area (Å²) in [5, 5.41) is 3.30. The Bertz CT molecular complexity index is 690. The molecule has 1 amide bonds. The first-order chi connectivity index (χ1) is 13.2. The number of hydrogen-bond acceptors (Lipinski definition) is 4. The first kappa shape index (κ1) is 21.2. The zero-order valence-corrected chi connectivity index (χ0v) is 19.0. The molecule has 1 N–H and O–H groups in total. The molecule has 1 aliphatic heterocycles. The van der Waals surface area contributed by atoms with Crippen LogP contribution in [0.4, 0.5) is 5.69 Å². The van der Waals surface area contributed by atoms with E-state index in [1.54, 1.807) is 0 Å². The standard InChI is InChI=1S/C22H35NO4Si/c1-22(2,3)28(4,5)27-15-16-6-8-17(9-7-16)21(24)23-18-10-11-19-20(14-18)26-13-12-25-19/h10-11,14,16-17H,6-9,12-13,15H2,1-5H3,(H,23,24). The molecule has 156 valence electrons. The minimum Gasteiger partial charge on any atom is -0.486 e. The minimum atomic E-state index is -1.69. The van der Waals surface area contributed by atoms with E-state index in [9.17, 15) is 4.79 Å². The van der Waals surface area contributed by atoms with E-state index in [-0.39, 0.29) is 16.9 Å². The van der Waals surface area contributed by atoms with Gasteiger partial charge < -0.3 is 19.2 Å². The Labute approximate surface area is 170 Å². The quantitative estimate of drug-likeness (QED) is 0.682. The summed E-state index contributed by atoms with van der Waals surface area (Å²) in [6, 6.07) is 5.59. The molecule has 28 heavy (non-hydrogen) atoms. The number of hydrogen-bond donors (Lipinski definition) is 1. The van der Waals surface area contributed by atoms with Gasteiger partial charge in [0.25, 0.3) is 0 Å². The van der Waals surface area contributed by atoms with Gasteiger partial charge in [-0.15, -0.1) is 0 Å². The van der Waals surface area contributed by atoms with Crippen molar-refractivity contribution in [2.45, 2.75) is 64.6 Å². The van der Waals surface area contributed by atoms with Crippen LogP contribution < -0.4 is 14.8 Å². The van der Waals surface area contributed by atoms with Gasteiger partial charge in [0.15, 0.2) is 19.8 Å². The number of anilines is 1. The molecule has 0 unspecified atom stereocenters. The van der Waals surface area contributed by atoms with Crippen molar-refractivity contribution in [3.8, 4) is 11.5 Å². The van der Waals surface area contributed by atoms with Crippen molar-refractivity contribution in [3.05, 3.63) is 18.2 Å². The zero-order chi connectivity index (χ0) is 20.4. The van der Waals surface area contributed by atoms with Gasteiger partial charge in [-0.05, 0) is 61.9 Å². The fourth-order valence-corrected chi connectivity index (χ4v) is 4.58. The summed E-state index contributed by atoms with van der Waals surface area (Å²) in [4.78, 5) is 12.7. The van der Waals surface area contributed by atoms with Crippen LogP contribution in [0.1, 0.15) is 46.5 Å². The molecule has 3 rings (SSSR count). The molecule has 5 nitrogen and oxygen atoms in total. The van der Waals surface area contributed by atoms with Gasteiger partial charge in [0.1, 0.15) is 13.2 Å². The Morgan fingerprint density at radius 3 is 2.39 bits per heavy atom. The second-order valence-electron chi connectivity index (χ2n) is 9.64. The van der Waals surface area contributed by atoms with Gasteiger partial charge in [-0.3, -0.25) is 4.79 Å². The molecule has 2 aliphatic rings. The summed E-state index contributed by atoms with van der Waals surface area (Å²) in [6.07, 6.45) is 3.99. The lowest BCUT2D eigenvalue weighted by atomic mass is 9.82. The maximum absolute atomic E-state index is 12.7. The molecule has 0 radical (unpaired) electrons. The van der Waals surface area contributed by atoms with E-state index in [1.165, 1.54) is 0 Å².